The van der Waals surface area contributed by atoms with Gasteiger partial charge in [-0.1, -0.05) is 41.9 Å². The van der Waals surface area contributed by atoms with Crippen LogP contribution in [0.3, 0.4) is 0 Å². The van der Waals surface area contributed by atoms with Crippen molar-refractivity contribution < 1.29 is 13.2 Å². The summed E-state index contributed by atoms with van der Waals surface area (Å²) < 4.78 is 39.3. The summed E-state index contributed by atoms with van der Waals surface area (Å²) in [7, 11) is 0. The van der Waals surface area contributed by atoms with E-state index in [1.807, 2.05) is 12.1 Å². The van der Waals surface area contributed by atoms with E-state index in [1.54, 1.807) is 6.07 Å². The molecule has 0 radical (unpaired) electrons. The summed E-state index contributed by atoms with van der Waals surface area (Å²) in [6.45, 7) is 1.72. The van der Waals surface area contributed by atoms with Gasteiger partial charge in [0.1, 0.15) is 0 Å². The fourth-order valence-electron chi connectivity index (χ4n) is 4.14. The van der Waals surface area contributed by atoms with Gasteiger partial charge in [-0.25, -0.2) is 0 Å². The summed E-state index contributed by atoms with van der Waals surface area (Å²) in [4.78, 5) is 2.38. The number of alkyl halides is 3. The van der Waals surface area contributed by atoms with Gasteiger partial charge in [0.2, 0.25) is 0 Å². The van der Waals surface area contributed by atoms with E-state index in [-0.39, 0.29) is 5.92 Å². The van der Waals surface area contributed by atoms with Crippen LogP contribution in [0.4, 0.5) is 13.2 Å². The molecule has 5 heteroatoms. The van der Waals surface area contributed by atoms with Gasteiger partial charge in [0.15, 0.2) is 0 Å². The van der Waals surface area contributed by atoms with E-state index in [9.17, 15) is 13.2 Å². The van der Waals surface area contributed by atoms with Crippen LogP contribution in [-0.4, -0.2) is 18.0 Å². The Labute approximate surface area is 144 Å². The van der Waals surface area contributed by atoms with Crippen molar-refractivity contribution in [2.45, 2.75) is 31.0 Å². The second kappa shape index (κ2) is 5.78. The van der Waals surface area contributed by atoms with Crippen molar-refractivity contribution in [3.05, 3.63) is 69.7 Å². The molecule has 0 spiro atoms. The van der Waals surface area contributed by atoms with E-state index < -0.39 is 11.7 Å². The number of benzene rings is 2. The Morgan fingerprint density at radius 1 is 1.08 bits per heavy atom. The van der Waals surface area contributed by atoms with Gasteiger partial charge in [-0.3, -0.25) is 4.90 Å². The summed E-state index contributed by atoms with van der Waals surface area (Å²) in [6, 6.07) is 11.9. The Balaban J connectivity index is 1.83. The topological polar surface area (TPSA) is 3.24 Å². The highest BCUT2D eigenvalue weighted by Gasteiger charge is 2.38. The quantitative estimate of drug-likeness (QED) is 0.642. The van der Waals surface area contributed by atoms with Crippen LogP contribution in [0.15, 0.2) is 42.5 Å². The molecule has 2 aromatic carbocycles. The van der Waals surface area contributed by atoms with Gasteiger partial charge in [0, 0.05) is 23.5 Å². The number of hydrogen-bond acceptors (Lipinski definition) is 1. The number of hydrogen-bond donors (Lipinski definition) is 0. The second-order valence-electron chi connectivity index (χ2n) is 6.57. The minimum atomic E-state index is -4.33. The van der Waals surface area contributed by atoms with Crippen molar-refractivity contribution in [1.29, 1.82) is 0 Å². The molecule has 0 N–H and O–H groups in total. The van der Waals surface area contributed by atoms with Crippen molar-refractivity contribution in [2.75, 3.05) is 13.1 Å². The molecule has 2 aromatic rings. The molecule has 0 unspecified atom stereocenters. The smallest absolute Gasteiger partial charge is 0.295 e. The highest BCUT2D eigenvalue weighted by molar-refractivity contribution is 6.31. The normalized spacial score (nSPS) is 23.8. The standard InChI is InChI=1S/C19H17ClF3N/c20-16-7-2-6-14-17-8-3-9-24(17)11-15(18(14)16)12-4-1-5-13(10-12)19(21,22)23/h1-2,4-7,10,15,17H,3,8-9,11H2/t15-,17+/m0/s1. The lowest BCUT2D eigenvalue weighted by Crippen LogP contribution is -2.34. The van der Waals surface area contributed by atoms with Gasteiger partial charge in [0.25, 0.3) is 0 Å². The first-order valence-corrected chi connectivity index (χ1v) is 8.52. The Kier molecular flexibility index (Phi) is 3.85. The molecule has 0 saturated carbocycles. The molecule has 1 fully saturated rings. The summed E-state index contributed by atoms with van der Waals surface area (Å²) in [5.41, 5.74) is 2.26. The van der Waals surface area contributed by atoms with Gasteiger partial charge in [0.05, 0.1) is 5.56 Å². The zero-order valence-electron chi connectivity index (χ0n) is 13.0. The molecular formula is C19H17ClF3N. The SMILES string of the molecule is FC(F)(F)c1cccc([C@@H]2CN3CCC[C@@H]3c3cccc(Cl)c32)c1. The van der Waals surface area contributed by atoms with Crippen LogP contribution < -0.4 is 0 Å². The van der Waals surface area contributed by atoms with Crippen LogP contribution in [0, 0.1) is 0 Å². The van der Waals surface area contributed by atoms with E-state index >= 15 is 0 Å². The molecule has 0 aliphatic carbocycles. The molecule has 4 rings (SSSR count). The molecule has 2 atom stereocenters. The van der Waals surface area contributed by atoms with Gasteiger partial charge in [-0.15, -0.1) is 0 Å². The lowest BCUT2D eigenvalue weighted by molar-refractivity contribution is -0.137. The lowest BCUT2D eigenvalue weighted by Gasteiger charge is -2.38. The van der Waals surface area contributed by atoms with Crippen molar-refractivity contribution in [1.82, 2.24) is 4.90 Å². The maximum atomic E-state index is 13.1. The second-order valence-corrected chi connectivity index (χ2v) is 6.98. The lowest BCUT2D eigenvalue weighted by atomic mass is 9.81. The fraction of sp³-hybridized carbons (Fsp3) is 0.368. The molecule has 1 saturated heterocycles. The third kappa shape index (κ3) is 2.62. The summed E-state index contributed by atoms with van der Waals surface area (Å²) in [6.07, 6.45) is -2.13. The van der Waals surface area contributed by atoms with Gasteiger partial charge < -0.3 is 0 Å². The summed E-state index contributed by atoms with van der Waals surface area (Å²) in [5, 5.41) is 0.654. The average Bonchev–Trinajstić information content (AvgIpc) is 3.02. The van der Waals surface area contributed by atoms with E-state index in [1.165, 1.54) is 17.7 Å². The van der Waals surface area contributed by atoms with Crippen LogP contribution in [0.5, 0.6) is 0 Å². The van der Waals surface area contributed by atoms with Gasteiger partial charge >= 0.3 is 6.18 Å². The summed E-state index contributed by atoms with van der Waals surface area (Å²) >= 11 is 6.47. The van der Waals surface area contributed by atoms with Gasteiger partial charge in [-0.2, -0.15) is 13.2 Å². The van der Waals surface area contributed by atoms with Gasteiger partial charge in [-0.05, 0) is 48.2 Å². The average molecular weight is 352 g/mol. The first-order valence-electron chi connectivity index (χ1n) is 8.14. The van der Waals surface area contributed by atoms with Crippen molar-refractivity contribution in [2.24, 2.45) is 0 Å². The Morgan fingerprint density at radius 2 is 1.88 bits per heavy atom. The van der Waals surface area contributed by atoms with Crippen LogP contribution in [0.2, 0.25) is 5.02 Å². The van der Waals surface area contributed by atoms with E-state index in [0.717, 1.165) is 37.6 Å². The molecule has 0 aromatic heterocycles. The predicted octanol–water partition coefficient (Wildman–Crippen LogP) is 5.64. The van der Waals surface area contributed by atoms with E-state index in [2.05, 4.69) is 11.0 Å². The highest BCUT2D eigenvalue weighted by atomic mass is 35.5. The number of nitrogens with zero attached hydrogens (tertiary/aromatic N) is 1. The Bertz CT molecular complexity index is 771. The first kappa shape index (κ1) is 16.0. The maximum Gasteiger partial charge on any atom is 0.416 e. The number of fused-ring (bicyclic) bond motifs is 3. The van der Waals surface area contributed by atoms with Crippen molar-refractivity contribution in [3.8, 4) is 0 Å². The van der Waals surface area contributed by atoms with Crippen LogP contribution >= 0.6 is 11.6 Å². The molecule has 2 aliphatic heterocycles. The molecule has 0 bridgehead atoms. The van der Waals surface area contributed by atoms with Crippen molar-refractivity contribution >= 4 is 11.6 Å². The highest BCUT2D eigenvalue weighted by Crippen LogP contribution is 2.47. The minimum absolute atomic E-state index is 0.120. The maximum absolute atomic E-state index is 13.1. The first-order chi connectivity index (χ1) is 11.4. The molecule has 0 amide bonds. The largest absolute Gasteiger partial charge is 0.416 e. The molecule has 2 aliphatic rings. The van der Waals surface area contributed by atoms with Crippen LogP contribution in [0.1, 0.15) is 47.1 Å². The molecule has 126 valence electrons. The minimum Gasteiger partial charge on any atom is -0.295 e. The zero-order chi connectivity index (χ0) is 16.9. The fourth-order valence-corrected chi connectivity index (χ4v) is 4.45. The predicted molar refractivity (Wildman–Crippen MR) is 88.3 cm³/mol. The van der Waals surface area contributed by atoms with E-state index in [4.69, 9.17) is 11.6 Å². The summed E-state index contributed by atoms with van der Waals surface area (Å²) in [5.74, 6) is -0.120. The molecule has 1 nitrogen and oxygen atoms in total. The van der Waals surface area contributed by atoms with Crippen LogP contribution in [0.25, 0.3) is 0 Å². The molecular weight excluding hydrogens is 335 g/mol. The number of halogens is 4. The van der Waals surface area contributed by atoms with Crippen LogP contribution in [-0.2, 0) is 6.18 Å². The third-order valence-electron chi connectivity index (χ3n) is 5.19. The molecule has 2 heterocycles. The Hall–Kier alpha value is -1.52. The van der Waals surface area contributed by atoms with E-state index in [0.29, 0.717) is 16.6 Å². The van der Waals surface area contributed by atoms with Crippen molar-refractivity contribution in [3.63, 3.8) is 0 Å². The number of rotatable bonds is 1. The monoisotopic (exact) mass is 351 g/mol. The zero-order valence-corrected chi connectivity index (χ0v) is 13.7. The Morgan fingerprint density at radius 3 is 2.67 bits per heavy atom. The molecule has 24 heavy (non-hydrogen) atoms. The third-order valence-corrected chi connectivity index (χ3v) is 5.52.